The van der Waals surface area contributed by atoms with Crippen LogP contribution in [0.25, 0.3) is 0 Å². The van der Waals surface area contributed by atoms with Crippen LogP contribution in [0.5, 0.6) is 5.75 Å². The number of phenols is 1. The third kappa shape index (κ3) is 2.85. The van der Waals surface area contributed by atoms with Crippen LogP contribution < -0.4 is 5.73 Å². The third-order valence-corrected chi connectivity index (χ3v) is 2.44. The maximum Gasteiger partial charge on any atom is 0.313 e. The number of aromatic hydroxyl groups is 1. The van der Waals surface area contributed by atoms with Gasteiger partial charge in [-0.05, 0) is 24.5 Å². The molecule has 0 unspecified atom stereocenters. The zero-order chi connectivity index (χ0) is 12.1. The van der Waals surface area contributed by atoms with E-state index in [-0.39, 0.29) is 11.4 Å². The molecule has 0 aliphatic carbocycles. The van der Waals surface area contributed by atoms with E-state index in [0.717, 1.165) is 31.2 Å². The highest BCUT2D eigenvalue weighted by molar-refractivity contribution is 5.64. The van der Waals surface area contributed by atoms with Crippen molar-refractivity contribution in [2.45, 2.75) is 32.6 Å². The summed E-state index contributed by atoms with van der Waals surface area (Å²) in [6.07, 6.45) is 3.89. The lowest BCUT2D eigenvalue weighted by molar-refractivity contribution is -0.385. The highest BCUT2D eigenvalue weighted by Crippen LogP contribution is 2.33. The van der Waals surface area contributed by atoms with Gasteiger partial charge in [-0.15, -0.1) is 0 Å². The lowest BCUT2D eigenvalue weighted by atomic mass is 10.1. The number of hydrogen-bond donors (Lipinski definition) is 2. The molecular weight excluding hydrogens is 208 g/mol. The van der Waals surface area contributed by atoms with Crippen LogP contribution in [0.1, 0.15) is 31.7 Å². The van der Waals surface area contributed by atoms with Gasteiger partial charge in [-0.2, -0.15) is 0 Å². The highest BCUT2D eigenvalue weighted by atomic mass is 16.6. The second-order valence-electron chi connectivity index (χ2n) is 3.77. The molecule has 5 heteroatoms. The number of nitrogens with two attached hydrogens (primary N) is 1. The molecule has 0 fully saturated rings. The molecule has 0 heterocycles. The Bertz CT molecular complexity index is 391. The van der Waals surface area contributed by atoms with E-state index in [1.165, 1.54) is 6.07 Å². The van der Waals surface area contributed by atoms with Crippen molar-refractivity contribution in [2.75, 3.05) is 5.73 Å². The van der Waals surface area contributed by atoms with Gasteiger partial charge in [0.2, 0.25) is 5.75 Å². The molecule has 3 N–H and O–H groups in total. The predicted octanol–water partition coefficient (Wildman–Crippen LogP) is 2.62. The van der Waals surface area contributed by atoms with Crippen molar-refractivity contribution < 1.29 is 10.0 Å². The Labute approximate surface area is 94.0 Å². The SMILES string of the molecule is CCCCCc1cc(N)c(O)c([N+](=O)[O-])c1. The zero-order valence-corrected chi connectivity index (χ0v) is 9.27. The summed E-state index contributed by atoms with van der Waals surface area (Å²) in [5.41, 5.74) is 6.07. The first-order valence-electron chi connectivity index (χ1n) is 5.32. The summed E-state index contributed by atoms with van der Waals surface area (Å²) in [6, 6.07) is 2.99. The Morgan fingerprint density at radius 3 is 2.69 bits per heavy atom. The molecule has 0 amide bonds. The molecule has 88 valence electrons. The summed E-state index contributed by atoms with van der Waals surface area (Å²) in [5, 5.41) is 20.0. The summed E-state index contributed by atoms with van der Waals surface area (Å²) in [5.74, 6) is -0.441. The quantitative estimate of drug-likeness (QED) is 0.264. The Morgan fingerprint density at radius 2 is 2.12 bits per heavy atom. The summed E-state index contributed by atoms with van der Waals surface area (Å²) in [7, 11) is 0. The van der Waals surface area contributed by atoms with Gasteiger partial charge in [0.15, 0.2) is 0 Å². The van der Waals surface area contributed by atoms with Crippen LogP contribution in [0.4, 0.5) is 11.4 Å². The topological polar surface area (TPSA) is 89.4 Å². The maximum absolute atomic E-state index is 10.6. The summed E-state index contributed by atoms with van der Waals surface area (Å²) in [4.78, 5) is 10.0. The van der Waals surface area contributed by atoms with Gasteiger partial charge in [0, 0.05) is 6.07 Å². The number of unbranched alkanes of at least 4 members (excludes halogenated alkanes) is 2. The molecule has 0 radical (unpaired) electrons. The number of aryl methyl sites for hydroxylation is 1. The minimum Gasteiger partial charge on any atom is -0.501 e. The van der Waals surface area contributed by atoms with Crippen molar-refractivity contribution in [3.8, 4) is 5.75 Å². The van der Waals surface area contributed by atoms with Crippen LogP contribution in [0, 0.1) is 10.1 Å². The van der Waals surface area contributed by atoms with E-state index < -0.39 is 10.7 Å². The van der Waals surface area contributed by atoms with Crippen LogP contribution in [0.3, 0.4) is 0 Å². The number of nitrogens with zero attached hydrogens (tertiary/aromatic N) is 1. The summed E-state index contributed by atoms with van der Waals surface area (Å²) >= 11 is 0. The average molecular weight is 224 g/mol. The van der Waals surface area contributed by atoms with Crippen LogP contribution in [0.15, 0.2) is 12.1 Å². The van der Waals surface area contributed by atoms with Crippen molar-refractivity contribution in [3.05, 3.63) is 27.8 Å². The van der Waals surface area contributed by atoms with Gasteiger partial charge in [-0.3, -0.25) is 10.1 Å². The molecule has 0 saturated heterocycles. The smallest absolute Gasteiger partial charge is 0.313 e. The lowest BCUT2D eigenvalue weighted by Gasteiger charge is -2.05. The van der Waals surface area contributed by atoms with E-state index in [2.05, 4.69) is 6.92 Å². The molecule has 1 rings (SSSR count). The monoisotopic (exact) mass is 224 g/mol. The maximum atomic E-state index is 10.6. The first kappa shape index (κ1) is 12.3. The minimum absolute atomic E-state index is 0.0701. The summed E-state index contributed by atoms with van der Waals surface area (Å²) in [6.45, 7) is 2.09. The minimum atomic E-state index is -0.616. The van der Waals surface area contributed by atoms with E-state index in [4.69, 9.17) is 5.73 Å². The number of nitrogen functional groups attached to an aromatic ring is 1. The Kier molecular flexibility index (Phi) is 4.10. The molecule has 0 spiro atoms. The van der Waals surface area contributed by atoms with Gasteiger partial charge in [0.25, 0.3) is 0 Å². The van der Waals surface area contributed by atoms with E-state index in [1.54, 1.807) is 6.07 Å². The molecule has 0 atom stereocenters. The number of benzene rings is 1. The Morgan fingerprint density at radius 1 is 1.44 bits per heavy atom. The van der Waals surface area contributed by atoms with Crippen LogP contribution in [0.2, 0.25) is 0 Å². The largest absolute Gasteiger partial charge is 0.501 e. The van der Waals surface area contributed by atoms with Gasteiger partial charge in [-0.25, -0.2) is 0 Å². The van der Waals surface area contributed by atoms with Crippen molar-refractivity contribution in [1.29, 1.82) is 0 Å². The van der Waals surface area contributed by atoms with Crippen LogP contribution in [-0.2, 0) is 6.42 Å². The molecule has 16 heavy (non-hydrogen) atoms. The first-order chi connectivity index (χ1) is 7.56. The highest BCUT2D eigenvalue weighted by Gasteiger charge is 2.17. The standard InChI is InChI=1S/C11H16N2O3/c1-2-3-4-5-8-6-9(12)11(14)10(7-8)13(15)16/h6-7,14H,2-5,12H2,1H3. The van der Waals surface area contributed by atoms with Crippen molar-refractivity contribution >= 4 is 11.4 Å². The van der Waals surface area contributed by atoms with E-state index in [0.29, 0.717) is 0 Å². The van der Waals surface area contributed by atoms with Gasteiger partial charge in [0.05, 0.1) is 10.6 Å². The van der Waals surface area contributed by atoms with E-state index in [1.807, 2.05) is 0 Å². The number of rotatable bonds is 5. The van der Waals surface area contributed by atoms with Crippen molar-refractivity contribution in [1.82, 2.24) is 0 Å². The van der Waals surface area contributed by atoms with Crippen molar-refractivity contribution in [2.24, 2.45) is 0 Å². The van der Waals surface area contributed by atoms with Gasteiger partial charge in [-0.1, -0.05) is 19.8 Å². The fourth-order valence-electron chi connectivity index (χ4n) is 1.56. The van der Waals surface area contributed by atoms with Crippen LogP contribution >= 0.6 is 0 Å². The molecule has 5 nitrogen and oxygen atoms in total. The molecule has 0 aliphatic heterocycles. The fourth-order valence-corrected chi connectivity index (χ4v) is 1.56. The average Bonchev–Trinajstić information content (AvgIpc) is 2.23. The second kappa shape index (κ2) is 5.34. The molecule has 0 aromatic heterocycles. The number of phenolic OH excluding ortho intramolecular Hbond substituents is 1. The van der Waals surface area contributed by atoms with Crippen molar-refractivity contribution in [3.63, 3.8) is 0 Å². The zero-order valence-electron chi connectivity index (χ0n) is 9.27. The van der Waals surface area contributed by atoms with Gasteiger partial charge >= 0.3 is 5.69 Å². The first-order valence-corrected chi connectivity index (χ1v) is 5.32. The Balaban J connectivity index is 2.91. The lowest BCUT2D eigenvalue weighted by Crippen LogP contribution is -1.96. The van der Waals surface area contributed by atoms with Gasteiger partial charge < -0.3 is 10.8 Å². The molecule has 0 saturated carbocycles. The van der Waals surface area contributed by atoms with E-state index >= 15 is 0 Å². The number of hydrogen-bond acceptors (Lipinski definition) is 4. The Hall–Kier alpha value is -1.78. The van der Waals surface area contributed by atoms with E-state index in [9.17, 15) is 15.2 Å². The normalized spacial score (nSPS) is 10.3. The van der Waals surface area contributed by atoms with Gasteiger partial charge in [0.1, 0.15) is 0 Å². The fraction of sp³-hybridized carbons (Fsp3) is 0.455. The number of anilines is 1. The van der Waals surface area contributed by atoms with Crippen LogP contribution in [-0.4, -0.2) is 10.0 Å². The third-order valence-electron chi connectivity index (χ3n) is 2.44. The summed E-state index contributed by atoms with van der Waals surface area (Å²) < 4.78 is 0. The molecule has 1 aromatic rings. The predicted molar refractivity (Wildman–Crippen MR) is 62.4 cm³/mol. The molecule has 0 aliphatic rings. The molecule has 0 bridgehead atoms. The second-order valence-corrected chi connectivity index (χ2v) is 3.77. The number of nitro groups is 1. The molecule has 1 aromatic carbocycles. The molecular formula is C11H16N2O3. The number of nitro benzene ring substituents is 1.